The Kier molecular flexibility index (Phi) is 7.32. The summed E-state index contributed by atoms with van der Waals surface area (Å²) in [5.41, 5.74) is 1.24. The average Bonchev–Trinajstić information content (AvgIpc) is 3.06. The number of amides is 1. The molecule has 0 aromatic heterocycles. The highest BCUT2D eigenvalue weighted by Crippen LogP contribution is 2.34. The molecule has 1 atom stereocenters. The summed E-state index contributed by atoms with van der Waals surface area (Å²) in [7, 11) is 0. The van der Waals surface area contributed by atoms with E-state index in [1.54, 1.807) is 49.4 Å². The Bertz CT molecular complexity index is 1110. The Morgan fingerprint density at radius 2 is 1.91 bits per heavy atom. The number of benzene rings is 2. The van der Waals surface area contributed by atoms with Gasteiger partial charge in [-0.25, -0.2) is 14.6 Å². The summed E-state index contributed by atoms with van der Waals surface area (Å²) >= 11 is 1.19. The molecule has 0 bridgehead atoms. The van der Waals surface area contributed by atoms with Crippen molar-refractivity contribution in [3.05, 3.63) is 64.6 Å². The van der Waals surface area contributed by atoms with Gasteiger partial charge in [-0.2, -0.15) is 0 Å². The molecule has 1 heterocycles. The molecule has 2 N–H and O–H groups in total. The Labute approximate surface area is 189 Å². The number of likely N-dealkylation sites (N-methyl/N-ethyl adjacent to an activating group) is 1. The predicted octanol–water partition coefficient (Wildman–Crippen LogP) is 4.25. The van der Waals surface area contributed by atoms with E-state index < -0.39 is 18.0 Å². The Hall–Kier alpha value is -3.59. The molecule has 0 aliphatic carbocycles. The smallest absolute Gasteiger partial charge is 0.344 e. The fourth-order valence-electron chi connectivity index (χ4n) is 2.99. The van der Waals surface area contributed by atoms with E-state index in [0.29, 0.717) is 40.0 Å². The summed E-state index contributed by atoms with van der Waals surface area (Å²) in [6.45, 7) is 3.96. The topological polar surface area (TPSA) is 117 Å². The standard InChI is InChI=1S/C23H22N2O6S/c1-3-18(22(29)30)31-17-10-5-7-14(11-17)12-19-20(26)25(4-2)23(32-19)24-16-9-6-8-15(13-16)21(27)28/h5-13,18H,3-4H2,1-2H3,(H,27,28)(H,29,30)/b19-12-,24-23?. The van der Waals surface area contributed by atoms with Crippen LogP contribution < -0.4 is 4.74 Å². The van der Waals surface area contributed by atoms with Crippen LogP contribution in [0.1, 0.15) is 36.2 Å². The maximum Gasteiger partial charge on any atom is 0.344 e. The van der Waals surface area contributed by atoms with Crippen molar-refractivity contribution < 1.29 is 29.3 Å². The first-order valence-electron chi connectivity index (χ1n) is 9.95. The van der Waals surface area contributed by atoms with Crippen molar-refractivity contribution in [2.45, 2.75) is 26.4 Å². The minimum absolute atomic E-state index is 0.114. The maximum atomic E-state index is 12.9. The van der Waals surface area contributed by atoms with Crippen LogP contribution in [0.5, 0.6) is 5.75 Å². The van der Waals surface area contributed by atoms with Gasteiger partial charge in [0.05, 0.1) is 16.2 Å². The minimum Gasteiger partial charge on any atom is -0.479 e. The molecular weight excluding hydrogens is 432 g/mol. The van der Waals surface area contributed by atoms with Crippen molar-refractivity contribution >= 4 is 46.5 Å². The zero-order chi connectivity index (χ0) is 23.3. The second-order valence-electron chi connectivity index (χ2n) is 6.84. The summed E-state index contributed by atoms with van der Waals surface area (Å²) in [5, 5.41) is 18.8. The van der Waals surface area contributed by atoms with Gasteiger partial charge in [-0.3, -0.25) is 9.69 Å². The lowest BCUT2D eigenvalue weighted by Crippen LogP contribution is -2.28. The number of amidine groups is 1. The second kappa shape index (κ2) is 10.1. The number of carbonyl (C=O) groups is 3. The van der Waals surface area contributed by atoms with Crippen LogP contribution in [-0.2, 0) is 9.59 Å². The molecule has 166 valence electrons. The lowest BCUT2D eigenvalue weighted by atomic mass is 10.2. The molecule has 1 amide bonds. The van der Waals surface area contributed by atoms with Gasteiger partial charge in [0.2, 0.25) is 0 Å². The third-order valence-corrected chi connectivity index (χ3v) is 5.61. The number of aromatic carboxylic acids is 1. The van der Waals surface area contributed by atoms with Crippen molar-refractivity contribution in [2.75, 3.05) is 6.54 Å². The van der Waals surface area contributed by atoms with Gasteiger partial charge in [0.25, 0.3) is 5.91 Å². The van der Waals surface area contributed by atoms with Crippen LogP contribution in [0.4, 0.5) is 5.69 Å². The van der Waals surface area contributed by atoms with E-state index in [0.717, 1.165) is 0 Å². The SMILES string of the molecule is CCC(Oc1cccc(/C=C2\SC(=Nc3cccc(C(=O)O)c3)N(CC)C2=O)c1)C(=O)O. The maximum absolute atomic E-state index is 12.9. The van der Waals surface area contributed by atoms with E-state index in [1.165, 1.54) is 28.8 Å². The summed E-state index contributed by atoms with van der Waals surface area (Å²) in [6, 6.07) is 13.1. The number of ether oxygens (including phenoxy) is 1. The third kappa shape index (κ3) is 5.36. The van der Waals surface area contributed by atoms with Crippen LogP contribution in [0.2, 0.25) is 0 Å². The van der Waals surface area contributed by atoms with Gasteiger partial charge >= 0.3 is 11.9 Å². The second-order valence-corrected chi connectivity index (χ2v) is 7.84. The van der Waals surface area contributed by atoms with Crippen LogP contribution in [0, 0.1) is 0 Å². The van der Waals surface area contributed by atoms with E-state index in [1.807, 2.05) is 6.92 Å². The summed E-state index contributed by atoms with van der Waals surface area (Å²) in [4.78, 5) is 41.7. The zero-order valence-electron chi connectivity index (χ0n) is 17.5. The summed E-state index contributed by atoms with van der Waals surface area (Å²) < 4.78 is 5.53. The number of aliphatic imine (C=N–C) groups is 1. The number of rotatable bonds is 8. The number of nitrogens with zero attached hydrogens (tertiary/aromatic N) is 2. The minimum atomic E-state index is -1.05. The van der Waals surface area contributed by atoms with Gasteiger partial charge in [-0.15, -0.1) is 0 Å². The summed E-state index contributed by atoms with van der Waals surface area (Å²) in [6.07, 6.45) is 1.07. The predicted molar refractivity (Wildman–Crippen MR) is 122 cm³/mol. The lowest BCUT2D eigenvalue weighted by molar-refractivity contribution is -0.145. The van der Waals surface area contributed by atoms with Crippen LogP contribution in [0.25, 0.3) is 6.08 Å². The Morgan fingerprint density at radius 1 is 1.16 bits per heavy atom. The molecule has 9 heteroatoms. The number of carboxylic acid groups (broad SMARTS) is 2. The third-order valence-electron chi connectivity index (χ3n) is 4.60. The molecule has 1 fully saturated rings. The lowest BCUT2D eigenvalue weighted by Gasteiger charge is -2.13. The van der Waals surface area contributed by atoms with Gasteiger partial charge < -0.3 is 14.9 Å². The molecular formula is C23H22N2O6S. The first kappa shape index (κ1) is 23.1. The monoisotopic (exact) mass is 454 g/mol. The molecule has 0 saturated carbocycles. The fraction of sp³-hybridized carbons (Fsp3) is 0.217. The molecule has 32 heavy (non-hydrogen) atoms. The molecule has 2 aromatic rings. The van der Waals surface area contributed by atoms with Gasteiger partial charge in [-0.05, 0) is 67.1 Å². The Balaban J connectivity index is 1.87. The fourth-order valence-corrected chi connectivity index (χ4v) is 4.05. The number of thioether (sulfide) groups is 1. The van der Waals surface area contributed by atoms with E-state index in [4.69, 9.17) is 9.84 Å². The molecule has 2 aromatic carbocycles. The molecule has 1 aliphatic rings. The summed E-state index contributed by atoms with van der Waals surface area (Å²) in [5.74, 6) is -1.90. The highest BCUT2D eigenvalue weighted by atomic mass is 32.2. The van der Waals surface area contributed by atoms with Crippen LogP contribution in [0.3, 0.4) is 0 Å². The molecule has 0 spiro atoms. The first-order chi connectivity index (χ1) is 15.3. The normalized spacial score (nSPS) is 17.1. The number of carbonyl (C=O) groups excluding carboxylic acids is 1. The molecule has 3 rings (SSSR count). The number of aliphatic carboxylic acids is 1. The van der Waals surface area contributed by atoms with Crippen LogP contribution in [-0.4, -0.2) is 50.8 Å². The van der Waals surface area contributed by atoms with Crippen LogP contribution in [0.15, 0.2) is 58.4 Å². The van der Waals surface area contributed by atoms with Gasteiger partial charge in [0.15, 0.2) is 11.3 Å². The molecule has 1 aliphatic heterocycles. The van der Waals surface area contributed by atoms with Crippen LogP contribution >= 0.6 is 11.8 Å². The largest absolute Gasteiger partial charge is 0.479 e. The van der Waals surface area contributed by atoms with Gasteiger partial charge in [0.1, 0.15) is 5.75 Å². The number of hydrogen-bond acceptors (Lipinski definition) is 6. The van der Waals surface area contributed by atoms with Gasteiger partial charge in [0, 0.05) is 6.54 Å². The van der Waals surface area contributed by atoms with E-state index >= 15 is 0 Å². The average molecular weight is 455 g/mol. The zero-order valence-corrected chi connectivity index (χ0v) is 18.3. The van der Waals surface area contributed by atoms with Crippen molar-refractivity contribution in [3.8, 4) is 5.75 Å². The molecule has 0 radical (unpaired) electrons. The van der Waals surface area contributed by atoms with E-state index in [9.17, 15) is 19.5 Å². The quantitative estimate of drug-likeness (QED) is 0.573. The van der Waals surface area contributed by atoms with Crippen molar-refractivity contribution in [1.29, 1.82) is 0 Å². The molecule has 8 nitrogen and oxygen atoms in total. The van der Waals surface area contributed by atoms with Crippen molar-refractivity contribution in [2.24, 2.45) is 4.99 Å². The highest BCUT2D eigenvalue weighted by molar-refractivity contribution is 8.18. The first-order valence-corrected chi connectivity index (χ1v) is 10.8. The van der Waals surface area contributed by atoms with E-state index in [-0.39, 0.29) is 11.5 Å². The van der Waals surface area contributed by atoms with Crippen molar-refractivity contribution in [1.82, 2.24) is 4.90 Å². The van der Waals surface area contributed by atoms with E-state index in [2.05, 4.69) is 4.99 Å². The Morgan fingerprint density at radius 3 is 2.56 bits per heavy atom. The highest BCUT2D eigenvalue weighted by Gasteiger charge is 2.32. The number of hydrogen-bond donors (Lipinski definition) is 2. The molecule has 1 unspecified atom stereocenters. The van der Waals surface area contributed by atoms with Crippen molar-refractivity contribution in [3.63, 3.8) is 0 Å². The van der Waals surface area contributed by atoms with Gasteiger partial charge in [-0.1, -0.05) is 25.1 Å². The molecule has 1 saturated heterocycles. The number of carboxylic acids is 2.